The molecule has 0 N–H and O–H groups in total. The van der Waals surface area contributed by atoms with E-state index in [1.807, 2.05) is 6.92 Å². The van der Waals surface area contributed by atoms with Crippen LogP contribution >= 0.6 is 11.8 Å². The molecule has 0 amide bonds. The number of esters is 1. The first-order valence-corrected chi connectivity index (χ1v) is 4.79. The van der Waals surface area contributed by atoms with Crippen LogP contribution in [-0.4, -0.2) is 23.4 Å². The van der Waals surface area contributed by atoms with Crippen LogP contribution in [0.15, 0.2) is 0 Å². The highest BCUT2D eigenvalue weighted by Gasteiger charge is 1.84. The molecular formula is C8H16O3S. The molecule has 0 saturated heterocycles. The van der Waals surface area contributed by atoms with E-state index in [2.05, 4.69) is 4.74 Å². The lowest BCUT2D eigenvalue weighted by Gasteiger charge is -1.89. The van der Waals surface area contributed by atoms with Crippen LogP contribution in [0.4, 0.5) is 0 Å². The van der Waals surface area contributed by atoms with Crippen LogP contribution in [0.3, 0.4) is 0 Å². The summed E-state index contributed by atoms with van der Waals surface area (Å²) >= 11 is 1.35. The van der Waals surface area contributed by atoms with Gasteiger partial charge in [-0.25, -0.2) is 0 Å². The van der Waals surface area contributed by atoms with Crippen molar-refractivity contribution in [3.63, 3.8) is 0 Å². The highest BCUT2D eigenvalue weighted by atomic mass is 32.2. The molecule has 0 radical (unpaired) electrons. The van der Waals surface area contributed by atoms with Crippen molar-refractivity contribution in [2.24, 2.45) is 0 Å². The van der Waals surface area contributed by atoms with Crippen LogP contribution in [0.25, 0.3) is 0 Å². The zero-order chi connectivity index (χ0) is 9.98. The quantitative estimate of drug-likeness (QED) is 0.626. The van der Waals surface area contributed by atoms with Crippen LogP contribution in [0.5, 0.6) is 0 Å². The van der Waals surface area contributed by atoms with Gasteiger partial charge in [-0.2, -0.15) is 0 Å². The van der Waals surface area contributed by atoms with Crippen molar-refractivity contribution in [2.75, 3.05) is 12.4 Å². The molecule has 0 spiro atoms. The standard InChI is InChI=1S/C4H8O2.C4H8OS/c2*1-3-6-4(2)5/h2*3H2,1-2H3. The maximum Gasteiger partial charge on any atom is 0.302 e. The van der Waals surface area contributed by atoms with Gasteiger partial charge in [0.15, 0.2) is 5.12 Å². The molecule has 0 aliphatic carbocycles. The van der Waals surface area contributed by atoms with Crippen LogP contribution in [0.2, 0.25) is 0 Å². The topological polar surface area (TPSA) is 43.4 Å². The lowest BCUT2D eigenvalue weighted by atomic mass is 10.8. The average Bonchev–Trinajstić information content (AvgIpc) is 1.87. The van der Waals surface area contributed by atoms with E-state index in [1.165, 1.54) is 18.7 Å². The molecule has 0 aromatic carbocycles. The molecule has 0 aliphatic rings. The van der Waals surface area contributed by atoms with Gasteiger partial charge >= 0.3 is 5.97 Å². The van der Waals surface area contributed by atoms with E-state index >= 15 is 0 Å². The fourth-order valence-electron chi connectivity index (χ4n) is 0.407. The Kier molecular flexibility index (Phi) is 12.3. The molecule has 0 atom stereocenters. The molecule has 4 heteroatoms. The first-order valence-electron chi connectivity index (χ1n) is 3.81. The third-order valence-corrected chi connectivity index (χ3v) is 1.39. The second kappa shape index (κ2) is 10.5. The van der Waals surface area contributed by atoms with Gasteiger partial charge in [-0.15, -0.1) is 0 Å². The average molecular weight is 192 g/mol. The summed E-state index contributed by atoms with van der Waals surface area (Å²) in [6.45, 7) is 7.19. The van der Waals surface area contributed by atoms with Gasteiger partial charge < -0.3 is 4.74 Å². The van der Waals surface area contributed by atoms with Crippen molar-refractivity contribution in [1.29, 1.82) is 0 Å². The van der Waals surface area contributed by atoms with Crippen LogP contribution in [0.1, 0.15) is 27.7 Å². The van der Waals surface area contributed by atoms with E-state index in [9.17, 15) is 9.59 Å². The molecule has 0 rings (SSSR count). The van der Waals surface area contributed by atoms with Crippen molar-refractivity contribution in [2.45, 2.75) is 27.7 Å². The maximum atomic E-state index is 10.0. The first-order chi connectivity index (χ1) is 5.54. The molecule has 3 nitrogen and oxygen atoms in total. The Morgan fingerprint density at radius 3 is 1.75 bits per heavy atom. The van der Waals surface area contributed by atoms with Gasteiger partial charge in [-0.1, -0.05) is 18.7 Å². The molecule has 12 heavy (non-hydrogen) atoms. The van der Waals surface area contributed by atoms with E-state index in [-0.39, 0.29) is 11.1 Å². The van der Waals surface area contributed by atoms with Gasteiger partial charge in [0.2, 0.25) is 0 Å². The molecule has 0 saturated carbocycles. The van der Waals surface area contributed by atoms with Crippen molar-refractivity contribution in [1.82, 2.24) is 0 Å². The lowest BCUT2D eigenvalue weighted by molar-refractivity contribution is -0.140. The molecule has 0 aliphatic heterocycles. The van der Waals surface area contributed by atoms with Gasteiger partial charge in [0, 0.05) is 13.8 Å². The second-order valence-corrected chi connectivity index (χ2v) is 3.29. The van der Waals surface area contributed by atoms with Gasteiger partial charge in [0.25, 0.3) is 0 Å². The largest absolute Gasteiger partial charge is 0.466 e. The molecule has 0 aromatic heterocycles. The number of thioether (sulfide) groups is 1. The molecule has 0 bridgehead atoms. The summed E-state index contributed by atoms with van der Waals surface area (Å²) < 4.78 is 4.40. The molecule has 72 valence electrons. The monoisotopic (exact) mass is 192 g/mol. The fraction of sp³-hybridized carbons (Fsp3) is 0.750. The summed E-state index contributed by atoms with van der Waals surface area (Å²) in [6, 6.07) is 0. The predicted octanol–water partition coefficient (Wildman–Crippen LogP) is 1.86. The van der Waals surface area contributed by atoms with Gasteiger partial charge in [-0.3, -0.25) is 9.59 Å². The lowest BCUT2D eigenvalue weighted by Crippen LogP contribution is -1.95. The van der Waals surface area contributed by atoms with E-state index in [4.69, 9.17) is 0 Å². The summed E-state index contributed by atoms with van der Waals surface area (Å²) in [5.74, 6) is 0.688. The number of ether oxygens (including phenoxy) is 1. The number of carbonyl (C=O) groups excluding carboxylic acids is 2. The van der Waals surface area contributed by atoms with Crippen molar-refractivity contribution in [3.05, 3.63) is 0 Å². The minimum absolute atomic E-state index is 0.206. The van der Waals surface area contributed by atoms with Gasteiger partial charge in [-0.05, 0) is 12.7 Å². The van der Waals surface area contributed by atoms with E-state index in [0.717, 1.165) is 5.75 Å². The molecule has 0 unspecified atom stereocenters. The Labute approximate surface area is 77.9 Å². The summed E-state index contributed by atoms with van der Waals surface area (Å²) in [5, 5.41) is 0.206. The Hall–Kier alpha value is -0.510. The molecule has 0 fully saturated rings. The summed E-state index contributed by atoms with van der Waals surface area (Å²) in [5.41, 5.74) is 0. The van der Waals surface area contributed by atoms with Gasteiger partial charge in [0.05, 0.1) is 6.61 Å². The number of carbonyl (C=O) groups is 2. The zero-order valence-corrected chi connectivity index (χ0v) is 8.86. The van der Waals surface area contributed by atoms with Crippen molar-refractivity contribution < 1.29 is 14.3 Å². The Bertz CT molecular complexity index is 118. The SMILES string of the molecule is CCOC(C)=O.CCSC(C)=O. The summed E-state index contributed by atoms with van der Waals surface area (Å²) in [6.07, 6.45) is 0. The third kappa shape index (κ3) is 22.7. The number of rotatable bonds is 2. The van der Waals surface area contributed by atoms with E-state index in [1.54, 1.807) is 13.8 Å². The van der Waals surface area contributed by atoms with E-state index < -0.39 is 0 Å². The van der Waals surface area contributed by atoms with Crippen molar-refractivity contribution >= 4 is 22.8 Å². The highest BCUT2D eigenvalue weighted by molar-refractivity contribution is 8.13. The molecule has 0 aromatic rings. The minimum Gasteiger partial charge on any atom is -0.466 e. The highest BCUT2D eigenvalue weighted by Crippen LogP contribution is 1.96. The molecule has 0 heterocycles. The smallest absolute Gasteiger partial charge is 0.302 e. The Morgan fingerprint density at radius 1 is 1.25 bits per heavy atom. The zero-order valence-electron chi connectivity index (χ0n) is 8.05. The third-order valence-electron chi connectivity index (χ3n) is 0.695. The number of hydrogen-bond acceptors (Lipinski definition) is 4. The Balaban J connectivity index is 0. The van der Waals surface area contributed by atoms with E-state index in [0.29, 0.717) is 6.61 Å². The van der Waals surface area contributed by atoms with Crippen LogP contribution < -0.4 is 0 Å². The normalized spacial score (nSPS) is 8.00. The number of hydrogen-bond donors (Lipinski definition) is 0. The summed E-state index contributed by atoms with van der Waals surface area (Å²) in [7, 11) is 0. The first kappa shape index (κ1) is 14.0. The minimum atomic E-state index is -0.211. The van der Waals surface area contributed by atoms with Gasteiger partial charge in [0.1, 0.15) is 0 Å². The second-order valence-electron chi connectivity index (χ2n) is 1.85. The fourth-order valence-corrected chi connectivity index (χ4v) is 0.813. The summed E-state index contributed by atoms with van der Waals surface area (Å²) in [4.78, 5) is 19.8. The van der Waals surface area contributed by atoms with Crippen LogP contribution in [0, 0.1) is 0 Å². The predicted molar refractivity (Wildman–Crippen MR) is 51.1 cm³/mol. The Morgan fingerprint density at radius 2 is 1.75 bits per heavy atom. The van der Waals surface area contributed by atoms with Crippen molar-refractivity contribution in [3.8, 4) is 0 Å². The molecular weight excluding hydrogens is 176 g/mol. The van der Waals surface area contributed by atoms with Crippen LogP contribution in [-0.2, 0) is 14.3 Å². The maximum absolute atomic E-state index is 10.0.